The van der Waals surface area contributed by atoms with Crippen LogP contribution < -0.4 is 4.74 Å². The second-order valence-corrected chi connectivity index (χ2v) is 3.71. The molecule has 0 saturated carbocycles. The van der Waals surface area contributed by atoms with Crippen molar-refractivity contribution in [2.45, 2.75) is 13.0 Å². The van der Waals surface area contributed by atoms with E-state index in [1.54, 1.807) is 13.0 Å². The predicted molar refractivity (Wildman–Crippen MR) is 70.1 cm³/mol. The Morgan fingerprint density at radius 2 is 2.26 bits per heavy atom. The van der Waals surface area contributed by atoms with Gasteiger partial charge in [0.1, 0.15) is 11.9 Å². The van der Waals surface area contributed by atoms with E-state index in [1.807, 2.05) is 0 Å². The lowest BCUT2D eigenvalue weighted by Gasteiger charge is -2.12. The lowest BCUT2D eigenvalue weighted by Crippen LogP contribution is -2.08. The molecule has 0 saturated heterocycles. The number of benzene rings is 1. The highest BCUT2D eigenvalue weighted by Crippen LogP contribution is 2.26. The van der Waals surface area contributed by atoms with Crippen LogP contribution >= 0.6 is 0 Å². The van der Waals surface area contributed by atoms with Gasteiger partial charge in [-0.25, -0.2) is 4.79 Å². The first kappa shape index (κ1) is 14.4. The number of nitrogens with zero attached hydrogens (tertiary/aromatic N) is 1. The number of ether oxygens (including phenoxy) is 1. The van der Waals surface area contributed by atoms with E-state index in [1.165, 1.54) is 24.3 Å². The van der Waals surface area contributed by atoms with Crippen LogP contribution in [0.4, 0.5) is 5.69 Å². The third kappa shape index (κ3) is 4.27. The number of hydrogen-bond donors (Lipinski definition) is 1. The van der Waals surface area contributed by atoms with Gasteiger partial charge in [0.15, 0.2) is 0 Å². The van der Waals surface area contributed by atoms with Gasteiger partial charge in [0.05, 0.1) is 4.92 Å². The minimum Gasteiger partial charge on any atom is -0.486 e. The summed E-state index contributed by atoms with van der Waals surface area (Å²) in [5.41, 5.74) is 0.189. The zero-order chi connectivity index (χ0) is 14.4. The minimum atomic E-state index is -1.14. The molecule has 0 heterocycles. The summed E-state index contributed by atoms with van der Waals surface area (Å²) < 4.78 is 5.48. The Morgan fingerprint density at radius 1 is 1.58 bits per heavy atom. The average molecular weight is 263 g/mol. The zero-order valence-corrected chi connectivity index (χ0v) is 10.3. The van der Waals surface area contributed by atoms with Gasteiger partial charge in [0.2, 0.25) is 0 Å². The molecule has 6 nitrogen and oxygen atoms in total. The molecule has 1 aromatic carbocycles. The van der Waals surface area contributed by atoms with E-state index in [2.05, 4.69) is 6.58 Å². The average Bonchev–Trinajstić information content (AvgIpc) is 2.36. The summed E-state index contributed by atoms with van der Waals surface area (Å²) in [4.78, 5) is 20.6. The summed E-state index contributed by atoms with van der Waals surface area (Å²) >= 11 is 0. The van der Waals surface area contributed by atoms with Crippen LogP contribution in [0.5, 0.6) is 5.75 Å². The number of rotatable bonds is 6. The molecule has 0 aliphatic heterocycles. The number of nitro benzene ring substituents is 1. The lowest BCUT2D eigenvalue weighted by atomic mass is 10.1. The Bertz CT molecular complexity index is 536. The van der Waals surface area contributed by atoms with Crippen LogP contribution in [0.15, 0.2) is 36.9 Å². The second kappa shape index (κ2) is 6.34. The molecule has 1 rings (SSSR count). The largest absolute Gasteiger partial charge is 0.486 e. The summed E-state index contributed by atoms with van der Waals surface area (Å²) in [6.45, 7) is 5.31. The molecule has 0 spiro atoms. The van der Waals surface area contributed by atoms with Crippen LogP contribution in [0.3, 0.4) is 0 Å². The van der Waals surface area contributed by atoms with E-state index >= 15 is 0 Å². The van der Waals surface area contributed by atoms with Crippen molar-refractivity contribution in [1.82, 2.24) is 0 Å². The third-order valence-electron chi connectivity index (χ3n) is 2.25. The van der Waals surface area contributed by atoms with Crippen molar-refractivity contribution in [2.24, 2.45) is 0 Å². The molecule has 1 atom stereocenters. The summed E-state index contributed by atoms with van der Waals surface area (Å²) in [5, 5.41) is 19.3. The first-order valence-corrected chi connectivity index (χ1v) is 5.42. The molecule has 19 heavy (non-hydrogen) atoms. The fraction of sp³-hybridized carbons (Fsp3) is 0.154. The standard InChI is InChI=1S/C13H13NO5/c1-3-9(2)19-12-6-5-11(14(17)18)8-10(12)4-7-13(15)16/h3-9H,1H2,2H3,(H,15,16). The van der Waals surface area contributed by atoms with Crippen LogP contribution in [0.25, 0.3) is 6.08 Å². The molecule has 6 heteroatoms. The Kier molecular flexibility index (Phi) is 4.82. The van der Waals surface area contributed by atoms with E-state index < -0.39 is 10.9 Å². The topological polar surface area (TPSA) is 89.7 Å². The molecular weight excluding hydrogens is 250 g/mol. The number of nitro groups is 1. The van der Waals surface area contributed by atoms with Gasteiger partial charge in [-0.3, -0.25) is 10.1 Å². The maximum atomic E-state index is 10.7. The normalized spacial score (nSPS) is 12.1. The quantitative estimate of drug-likeness (QED) is 0.369. The number of carboxylic acid groups (broad SMARTS) is 1. The highest BCUT2D eigenvalue weighted by atomic mass is 16.6. The maximum absolute atomic E-state index is 10.7. The van der Waals surface area contributed by atoms with Crippen molar-refractivity contribution >= 4 is 17.7 Å². The molecule has 0 radical (unpaired) electrons. The smallest absolute Gasteiger partial charge is 0.328 e. The minimum absolute atomic E-state index is 0.136. The molecular formula is C13H13NO5. The SMILES string of the molecule is C=CC(C)Oc1ccc([N+](=O)[O-])cc1C=CC(=O)O. The van der Waals surface area contributed by atoms with Gasteiger partial charge in [-0.05, 0) is 19.1 Å². The molecule has 0 aromatic heterocycles. The fourth-order valence-electron chi connectivity index (χ4n) is 1.30. The van der Waals surface area contributed by atoms with Crippen molar-refractivity contribution in [3.05, 3.63) is 52.6 Å². The van der Waals surface area contributed by atoms with Crippen LogP contribution in [0.2, 0.25) is 0 Å². The monoisotopic (exact) mass is 263 g/mol. The highest BCUT2D eigenvalue weighted by Gasteiger charge is 2.11. The molecule has 0 fully saturated rings. The van der Waals surface area contributed by atoms with Gasteiger partial charge in [-0.15, -0.1) is 0 Å². The van der Waals surface area contributed by atoms with E-state index in [9.17, 15) is 14.9 Å². The van der Waals surface area contributed by atoms with Crippen LogP contribution in [-0.4, -0.2) is 22.1 Å². The zero-order valence-electron chi connectivity index (χ0n) is 10.3. The van der Waals surface area contributed by atoms with Crippen molar-refractivity contribution in [3.8, 4) is 5.75 Å². The van der Waals surface area contributed by atoms with E-state index in [0.717, 1.165) is 6.08 Å². The molecule has 0 aliphatic rings. The molecule has 100 valence electrons. The van der Waals surface area contributed by atoms with Crippen molar-refractivity contribution in [1.29, 1.82) is 0 Å². The van der Waals surface area contributed by atoms with Crippen LogP contribution in [-0.2, 0) is 4.79 Å². The summed E-state index contributed by atoms with van der Waals surface area (Å²) in [7, 11) is 0. The van der Waals surface area contributed by atoms with Crippen LogP contribution in [0, 0.1) is 10.1 Å². The molecule has 0 amide bonds. The van der Waals surface area contributed by atoms with Crippen molar-refractivity contribution < 1.29 is 19.6 Å². The first-order chi connectivity index (χ1) is 8.93. The van der Waals surface area contributed by atoms with Gasteiger partial charge in [0.25, 0.3) is 5.69 Å². The summed E-state index contributed by atoms with van der Waals surface area (Å²) in [5.74, 6) is -0.787. The Morgan fingerprint density at radius 3 is 2.79 bits per heavy atom. The third-order valence-corrected chi connectivity index (χ3v) is 2.25. The maximum Gasteiger partial charge on any atom is 0.328 e. The predicted octanol–water partition coefficient (Wildman–Crippen LogP) is 2.65. The highest BCUT2D eigenvalue weighted by molar-refractivity contribution is 5.86. The van der Waals surface area contributed by atoms with Crippen LogP contribution in [0.1, 0.15) is 12.5 Å². The van der Waals surface area contributed by atoms with Gasteiger partial charge in [0, 0.05) is 23.8 Å². The van der Waals surface area contributed by atoms with Crippen molar-refractivity contribution in [3.63, 3.8) is 0 Å². The molecule has 0 aliphatic carbocycles. The van der Waals surface area contributed by atoms with Crippen molar-refractivity contribution in [2.75, 3.05) is 0 Å². The Balaban J connectivity index is 3.17. The van der Waals surface area contributed by atoms with Gasteiger partial charge in [-0.2, -0.15) is 0 Å². The number of carboxylic acids is 1. The number of aliphatic carboxylic acids is 1. The molecule has 1 aromatic rings. The van der Waals surface area contributed by atoms with E-state index in [0.29, 0.717) is 11.3 Å². The summed E-state index contributed by atoms with van der Waals surface area (Å²) in [6, 6.07) is 3.98. The number of non-ortho nitro benzene ring substituents is 1. The Hall–Kier alpha value is -2.63. The molecule has 0 bridgehead atoms. The Labute approximate surface area is 109 Å². The first-order valence-electron chi connectivity index (χ1n) is 5.42. The number of hydrogen-bond acceptors (Lipinski definition) is 4. The second-order valence-electron chi connectivity index (χ2n) is 3.71. The number of carbonyl (C=O) groups is 1. The van der Waals surface area contributed by atoms with Gasteiger partial charge in [-0.1, -0.05) is 12.7 Å². The molecule has 1 N–H and O–H groups in total. The van der Waals surface area contributed by atoms with E-state index in [-0.39, 0.29) is 11.8 Å². The summed E-state index contributed by atoms with van der Waals surface area (Å²) in [6.07, 6.45) is 3.41. The van der Waals surface area contributed by atoms with E-state index in [4.69, 9.17) is 9.84 Å². The fourth-order valence-corrected chi connectivity index (χ4v) is 1.30. The van der Waals surface area contributed by atoms with Gasteiger partial charge >= 0.3 is 5.97 Å². The molecule has 1 unspecified atom stereocenters. The lowest BCUT2D eigenvalue weighted by molar-refractivity contribution is -0.384. The van der Waals surface area contributed by atoms with Gasteiger partial charge < -0.3 is 9.84 Å².